The molecule has 0 saturated carbocycles. The van der Waals surface area contributed by atoms with Gasteiger partial charge in [-0.05, 0) is 47.4 Å². The monoisotopic (exact) mass is 342 g/mol. The number of para-hydroxylation sites is 1. The van der Waals surface area contributed by atoms with E-state index in [0.29, 0.717) is 12.8 Å². The molecule has 0 fully saturated rings. The van der Waals surface area contributed by atoms with Crippen LogP contribution in [0.4, 0.5) is 0 Å². The standard InChI is InChI=1S/C19H22N2O2S/c1-19(23,15-9-10-24-12-15)13-20-18(22)8-7-14-11-21(2)17-6-4-3-5-16(14)17/h3-6,9-12,23H,7-8,13H2,1-2H3,(H,20,22). The summed E-state index contributed by atoms with van der Waals surface area (Å²) >= 11 is 1.54. The minimum atomic E-state index is -1.03. The molecular formula is C19H22N2O2S. The summed E-state index contributed by atoms with van der Waals surface area (Å²) in [7, 11) is 2.02. The Kier molecular flexibility index (Phi) is 4.73. The first kappa shape index (κ1) is 16.7. The van der Waals surface area contributed by atoms with Crippen molar-refractivity contribution in [2.75, 3.05) is 6.54 Å². The zero-order chi connectivity index (χ0) is 17.2. The predicted molar refractivity (Wildman–Crippen MR) is 98.1 cm³/mol. The van der Waals surface area contributed by atoms with Gasteiger partial charge in [-0.1, -0.05) is 18.2 Å². The summed E-state index contributed by atoms with van der Waals surface area (Å²) in [6.45, 7) is 1.94. The number of aliphatic hydroxyl groups is 1. The Morgan fingerprint density at radius 2 is 2.12 bits per heavy atom. The lowest BCUT2D eigenvalue weighted by Gasteiger charge is -2.22. The van der Waals surface area contributed by atoms with Crippen molar-refractivity contribution >= 4 is 28.1 Å². The first-order chi connectivity index (χ1) is 11.5. The fourth-order valence-electron chi connectivity index (χ4n) is 2.91. The zero-order valence-electron chi connectivity index (χ0n) is 14.0. The van der Waals surface area contributed by atoms with Crippen molar-refractivity contribution in [3.05, 3.63) is 58.4 Å². The summed E-state index contributed by atoms with van der Waals surface area (Å²) < 4.78 is 2.09. The summed E-state index contributed by atoms with van der Waals surface area (Å²) in [6, 6.07) is 10.1. The molecule has 1 aromatic carbocycles. The molecule has 3 rings (SSSR count). The largest absolute Gasteiger partial charge is 0.384 e. The van der Waals surface area contributed by atoms with Gasteiger partial charge in [0, 0.05) is 30.6 Å². The van der Waals surface area contributed by atoms with Crippen LogP contribution in [0, 0.1) is 0 Å². The molecule has 1 amide bonds. The van der Waals surface area contributed by atoms with E-state index in [4.69, 9.17) is 0 Å². The number of hydrogen-bond acceptors (Lipinski definition) is 3. The topological polar surface area (TPSA) is 54.3 Å². The molecule has 24 heavy (non-hydrogen) atoms. The van der Waals surface area contributed by atoms with E-state index in [9.17, 15) is 9.90 Å². The van der Waals surface area contributed by atoms with E-state index in [1.165, 1.54) is 27.8 Å². The van der Waals surface area contributed by atoms with Gasteiger partial charge in [0.05, 0.1) is 6.54 Å². The number of fused-ring (bicyclic) bond motifs is 1. The van der Waals surface area contributed by atoms with Crippen LogP contribution in [0.3, 0.4) is 0 Å². The zero-order valence-corrected chi connectivity index (χ0v) is 14.8. The molecule has 4 nitrogen and oxygen atoms in total. The number of carbonyl (C=O) groups excluding carboxylic acids is 1. The van der Waals surface area contributed by atoms with Gasteiger partial charge >= 0.3 is 0 Å². The average Bonchev–Trinajstić information content (AvgIpc) is 3.21. The predicted octanol–water partition coefficient (Wildman–Crippen LogP) is 3.20. The number of nitrogens with one attached hydrogen (secondary N) is 1. The number of aryl methyl sites for hydroxylation is 2. The number of nitrogens with zero attached hydrogens (tertiary/aromatic N) is 1. The van der Waals surface area contributed by atoms with Gasteiger partial charge in [-0.3, -0.25) is 4.79 Å². The van der Waals surface area contributed by atoms with E-state index in [2.05, 4.69) is 28.2 Å². The normalized spacial score (nSPS) is 13.8. The molecular weight excluding hydrogens is 320 g/mol. The van der Waals surface area contributed by atoms with Crippen LogP contribution in [0.25, 0.3) is 10.9 Å². The van der Waals surface area contributed by atoms with Crippen molar-refractivity contribution in [1.82, 2.24) is 9.88 Å². The molecule has 1 atom stereocenters. The van der Waals surface area contributed by atoms with Crippen LogP contribution in [0.5, 0.6) is 0 Å². The molecule has 0 saturated heterocycles. The fraction of sp³-hybridized carbons (Fsp3) is 0.316. The number of aromatic nitrogens is 1. The molecule has 0 aliphatic heterocycles. The van der Waals surface area contributed by atoms with E-state index in [0.717, 1.165) is 5.56 Å². The van der Waals surface area contributed by atoms with Crippen LogP contribution in [0.2, 0.25) is 0 Å². The fourth-order valence-corrected chi connectivity index (χ4v) is 3.69. The van der Waals surface area contributed by atoms with Gasteiger partial charge in [-0.15, -0.1) is 0 Å². The molecule has 0 aliphatic carbocycles. The molecule has 0 bridgehead atoms. The van der Waals surface area contributed by atoms with Gasteiger partial charge in [-0.25, -0.2) is 0 Å². The van der Waals surface area contributed by atoms with Crippen LogP contribution in [-0.2, 0) is 23.9 Å². The van der Waals surface area contributed by atoms with Crippen LogP contribution >= 0.6 is 11.3 Å². The number of rotatable bonds is 6. The molecule has 2 aromatic heterocycles. The van der Waals surface area contributed by atoms with E-state index in [1.807, 2.05) is 36.0 Å². The first-order valence-corrected chi connectivity index (χ1v) is 8.96. The van der Waals surface area contributed by atoms with Crippen LogP contribution < -0.4 is 5.32 Å². The Hall–Kier alpha value is -2.11. The number of thiophene rings is 1. The number of hydrogen-bond donors (Lipinski definition) is 2. The lowest BCUT2D eigenvalue weighted by molar-refractivity contribution is -0.122. The van der Waals surface area contributed by atoms with Crippen LogP contribution in [-0.4, -0.2) is 22.1 Å². The highest BCUT2D eigenvalue weighted by Crippen LogP contribution is 2.23. The van der Waals surface area contributed by atoms with Crippen molar-refractivity contribution in [2.45, 2.75) is 25.4 Å². The quantitative estimate of drug-likeness (QED) is 0.723. The van der Waals surface area contributed by atoms with Gasteiger partial charge < -0.3 is 15.0 Å². The molecule has 0 radical (unpaired) electrons. The highest BCUT2D eigenvalue weighted by Gasteiger charge is 2.24. The van der Waals surface area contributed by atoms with Gasteiger partial charge in [0.2, 0.25) is 5.91 Å². The second-order valence-electron chi connectivity index (χ2n) is 6.35. The Morgan fingerprint density at radius 1 is 1.33 bits per heavy atom. The summed E-state index contributed by atoms with van der Waals surface area (Å²) in [5.74, 6) is -0.0431. The Morgan fingerprint density at radius 3 is 2.88 bits per heavy atom. The number of carbonyl (C=O) groups is 1. The van der Waals surface area contributed by atoms with Crippen molar-refractivity contribution in [3.63, 3.8) is 0 Å². The van der Waals surface area contributed by atoms with Crippen LogP contribution in [0.1, 0.15) is 24.5 Å². The van der Waals surface area contributed by atoms with E-state index < -0.39 is 5.60 Å². The average molecular weight is 342 g/mol. The molecule has 3 aromatic rings. The van der Waals surface area contributed by atoms with Gasteiger partial charge in [0.1, 0.15) is 5.60 Å². The number of benzene rings is 1. The third kappa shape index (κ3) is 3.52. The SMILES string of the molecule is Cn1cc(CCC(=O)NCC(C)(O)c2ccsc2)c2ccccc21. The summed E-state index contributed by atoms with van der Waals surface area (Å²) in [5.41, 5.74) is 2.15. The van der Waals surface area contributed by atoms with Gasteiger partial charge in [-0.2, -0.15) is 11.3 Å². The molecule has 0 spiro atoms. The number of amides is 1. The maximum atomic E-state index is 12.1. The molecule has 2 heterocycles. The van der Waals surface area contributed by atoms with Gasteiger partial charge in [0.25, 0.3) is 0 Å². The van der Waals surface area contributed by atoms with E-state index in [-0.39, 0.29) is 12.5 Å². The Balaban J connectivity index is 1.58. The van der Waals surface area contributed by atoms with Crippen LogP contribution in [0.15, 0.2) is 47.3 Å². The van der Waals surface area contributed by atoms with Crippen molar-refractivity contribution in [1.29, 1.82) is 0 Å². The second kappa shape index (κ2) is 6.79. The Labute approximate surface area is 145 Å². The summed E-state index contributed by atoms with van der Waals surface area (Å²) in [6.07, 6.45) is 3.18. The highest BCUT2D eigenvalue weighted by molar-refractivity contribution is 7.08. The third-order valence-corrected chi connectivity index (χ3v) is 5.06. The molecule has 1 unspecified atom stereocenters. The molecule has 126 valence electrons. The van der Waals surface area contributed by atoms with E-state index >= 15 is 0 Å². The van der Waals surface area contributed by atoms with E-state index in [1.54, 1.807) is 6.92 Å². The minimum Gasteiger partial charge on any atom is -0.384 e. The first-order valence-electron chi connectivity index (χ1n) is 8.02. The smallest absolute Gasteiger partial charge is 0.220 e. The maximum absolute atomic E-state index is 12.1. The molecule has 0 aliphatic rings. The molecule has 2 N–H and O–H groups in total. The summed E-state index contributed by atoms with van der Waals surface area (Å²) in [4.78, 5) is 12.1. The summed E-state index contributed by atoms with van der Waals surface area (Å²) in [5, 5.41) is 18.3. The second-order valence-corrected chi connectivity index (χ2v) is 7.13. The van der Waals surface area contributed by atoms with Gasteiger partial charge in [0.15, 0.2) is 0 Å². The van der Waals surface area contributed by atoms with Crippen molar-refractivity contribution in [2.24, 2.45) is 7.05 Å². The van der Waals surface area contributed by atoms with Crippen molar-refractivity contribution < 1.29 is 9.90 Å². The Bertz CT molecular complexity index is 834. The minimum absolute atomic E-state index is 0.0431. The maximum Gasteiger partial charge on any atom is 0.220 e. The molecule has 5 heteroatoms. The highest BCUT2D eigenvalue weighted by atomic mass is 32.1. The van der Waals surface area contributed by atoms with Crippen molar-refractivity contribution in [3.8, 4) is 0 Å². The lowest BCUT2D eigenvalue weighted by atomic mass is 9.99. The third-order valence-electron chi connectivity index (χ3n) is 4.37. The lowest BCUT2D eigenvalue weighted by Crippen LogP contribution is -2.38.